The Morgan fingerprint density at radius 2 is 0.876 bits per heavy atom. The van der Waals surface area contributed by atoms with E-state index in [1.54, 1.807) is 40.9 Å². The summed E-state index contributed by atoms with van der Waals surface area (Å²) in [7, 11) is -7.81. The average Bonchev–Trinajstić information content (AvgIpc) is 1.63. The molecular formula is C70H88FN15O8S3. The lowest BCUT2D eigenvalue weighted by Gasteiger charge is -2.39. The predicted molar refractivity (Wildman–Crippen MR) is 373 cm³/mol. The highest BCUT2D eigenvalue weighted by Gasteiger charge is 2.39. The maximum atomic E-state index is 14.1. The lowest BCUT2D eigenvalue weighted by molar-refractivity contribution is 0.232. The molecule has 15 rings (SSSR count). The Hall–Kier alpha value is -7.43. The molecule has 97 heavy (non-hydrogen) atoms. The summed E-state index contributed by atoms with van der Waals surface area (Å²) in [6.07, 6.45) is 32.7. The zero-order valence-corrected chi connectivity index (χ0v) is 59.1. The van der Waals surface area contributed by atoms with Crippen molar-refractivity contribution in [3.63, 3.8) is 0 Å². The van der Waals surface area contributed by atoms with Gasteiger partial charge in [-0.2, -0.15) is 0 Å². The summed E-state index contributed by atoms with van der Waals surface area (Å²) in [6.45, 7) is 13.2. The van der Waals surface area contributed by atoms with Crippen LogP contribution < -0.4 is 24.2 Å². The van der Waals surface area contributed by atoms with Crippen molar-refractivity contribution in [3.05, 3.63) is 146 Å². The van der Waals surface area contributed by atoms with Crippen LogP contribution in [0.3, 0.4) is 0 Å². The van der Waals surface area contributed by atoms with E-state index in [0.29, 0.717) is 64.0 Å². The Labute approximate surface area is 570 Å². The number of halogens is 1. The van der Waals surface area contributed by atoms with Gasteiger partial charge in [-0.25, -0.2) is 82.4 Å². The van der Waals surface area contributed by atoms with Gasteiger partial charge in [-0.05, 0) is 72.3 Å². The van der Waals surface area contributed by atoms with Crippen LogP contribution in [0.2, 0.25) is 0 Å². The summed E-state index contributed by atoms with van der Waals surface area (Å²) < 4.78 is 102. The SMILES string of the molecule is CC(C)Oc1cc(N2Cc3c(ncnc3C3CCN(S(C)(=O)=O)CC3)C[C@H]2C)c2c(n1)CC=C2.COc1cc(N2Cc3c(ncnc3C3CCN(S(C)(=O)=O)CC3)C[C@H]2C)c2c(n1)CC=C2.CS(=O)(=O)N1CCC(c2ncnc3c2CN(c2ccnc4c2C=CC4)C(CF)C3)CC1. The van der Waals surface area contributed by atoms with Gasteiger partial charge in [0, 0.05) is 185 Å². The van der Waals surface area contributed by atoms with E-state index in [0.717, 1.165) is 163 Å². The van der Waals surface area contributed by atoms with E-state index < -0.39 is 36.7 Å². The van der Waals surface area contributed by atoms with Crippen LogP contribution in [0.1, 0.15) is 169 Å². The number of methoxy groups -OCH3 is 1. The topological polar surface area (TPSA) is 256 Å². The number of nitrogens with zero attached hydrogens (tertiary/aromatic N) is 15. The van der Waals surface area contributed by atoms with Crippen molar-refractivity contribution in [2.24, 2.45) is 0 Å². The summed E-state index contributed by atoms with van der Waals surface area (Å²) in [5.41, 5.74) is 19.6. The fourth-order valence-corrected chi connectivity index (χ4v) is 18.3. The molecule has 0 spiro atoms. The van der Waals surface area contributed by atoms with Crippen LogP contribution in [-0.4, -0.2) is 179 Å². The van der Waals surface area contributed by atoms with E-state index in [9.17, 15) is 29.6 Å². The molecule has 6 aliphatic heterocycles. The van der Waals surface area contributed by atoms with Crippen LogP contribution in [0.15, 0.2) is 61.6 Å². The predicted octanol–water partition coefficient (Wildman–Crippen LogP) is 8.34. The maximum absolute atomic E-state index is 14.1. The summed E-state index contributed by atoms with van der Waals surface area (Å²) in [5, 5.41) is 0. The molecule has 0 aromatic carbocycles. The van der Waals surface area contributed by atoms with Gasteiger partial charge in [-0.3, -0.25) is 4.98 Å². The number of hydrogen-bond acceptors (Lipinski definition) is 20. The van der Waals surface area contributed by atoms with Crippen molar-refractivity contribution in [2.45, 2.75) is 166 Å². The number of fused-ring (bicyclic) bond motifs is 6. The number of alkyl halides is 1. The van der Waals surface area contributed by atoms with Crippen LogP contribution in [-0.2, 0) is 88.2 Å². The third-order valence-corrected chi connectivity index (χ3v) is 24.6. The smallest absolute Gasteiger partial charge is 0.215 e. The number of rotatable bonds is 13. The molecular weight excluding hydrogens is 1290 g/mol. The molecule has 0 saturated carbocycles. The molecule has 9 aliphatic rings. The molecule has 3 atom stereocenters. The average molecular weight is 1380 g/mol. The van der Waals surface area contributed by atoms with Crippen molar-refractivity contribution >= 4 is 65.4 Å². The minimum absolute atomic E-state index is 0.0603. The number of anilines is 3. The normalized spacial score (nSPS) is 21.5. The van der Waals surface area contributed by atoms with Gasteiger partial charge in [0.15, 0.2) is 0 Å². The van der Waals surface area contributed by atoms with Gasteiger partial charge in [0.1, 0.15) is 25.7 Å². The second-order valence-electron chi connectivity index (χ2n) is 27.4. The van der Waals surface area contributed by atoms with Crippen molar-refractivity contribution < 1.29 is 39.1 Å². The molecule has 3 saturated heterocycles. The number of hydrogen-bond donors (Lipinski definition) is 0. The second kappa shape index (κ2) is 28.1. The van der Waals surface area contributed by atoms with Crippen molar-refractivity contribution in [3.8, 4) is 11.8 Å². The Kier molecular flexibility index (Phi) is 19.7. The van der Waals surface area contributed by atoms with E-state index in [1.807, 2.05) is 26.0 Å². The highest BCUT2D eigenvalue weighted by atomic mass is 32.2. The van der Waals surface area contributed by atoms with Crippen molar-refractivity contribution in [2.75, 3.05) is 86.5 Å². The molecule has 516 valence electrons. The summed E-state index contributed by atoms with van der Waals surface area (Å²) >= 11 is 0. The second-order valence-corrected chi connectivity index (χ2v) is 33.4. The summed E-state index contributed by atoms with van der Waals surface area (Å²) in [5.74, 6) is 1.98. The van der Waals surface area contributed by atoms with Gasteiger partial charge in [-0.15, -0.1) is 0 Å². The molecule has 1 unspecified atom stereocenters. The van der Waals surface area contributed by atoms with E-state index in [2.05, 4.69) is 101 Å². The van der Waals surface area contributed by atoms with E-state index in [4.69, 9.17) is 24.4 Å². The first kappa shape index (κ1) is 68.1. The lowest BCUT2D eigenvalue weighted by atomic mass is 9.87. The summed E-state index contributed by atoms with van der Waals surface area (Å²) in [4.78, 5) is 48.6. The number of piperidine rings is 3. The first-order valence-electron chi connectivity index (χ1n) is 34.0. The Morgan fingerprint density at radius 1 is 0.495 bits per heavy atom. The molecule has 0 N–H and O–H groups in total. The number of pyridine rings is 3. The highest BCUT2D eigenvalue weighted by Crippen LogP contribution is 2.43. The molecule has 3 fully saturated rings. The number of aromatic nitrogens is 9. The van der Waals surface area contributed by atoms with Gasteiger partial charge >= 0.3 is 0 Å². The molecule has 12 heterocycles. The molecule has 23 nitrogen and oxygen atoms in total. The van der Waals surface area contributed by atoms with Gasteiger partial charge in [0.25, 0.3) is 0 Å². The monoisotopic (exact) mass is 1380 g/mol. The third-order valence-electron chi connectivity index (χ3n) is 20.7. The van der Waals surface area contributed by atoms with Crippen molar-refractivity contribution in [1.82, 2.24) is 57.8 Å². The summed E-state index contributed by atoms with van der Waals surface area (Å²) in [6, 6.07) is 6.35. The van der Waals surface area contributed by atoms with Crippen LogP contribution in [0.4, 0.5) is 21.5 Å². The zero-order chi connectivity index (χ0) is 68.1. The third kappa shape index (κ3) is 14.4. The van der Waals surface area contributed by atoms with Gasteiger partial charge in [0.05, 0.1) is 101 Å². The van der Waals surface area contributed by atoms with Gasteiger partial charge in [-0.1, -0.05) is 36.5 Å². The minimum atomic E-state index is -3.17. The van der Waals surface area contributed by atoms with E-state index in [1.165, 1.54) is 45.3 Å². The lowest BCUT2D eigenvalue weighted by Crippen LogP contribution is -2.44. The van der Waals surface area contributed by atoms with Gasteiger partial charge < -0.3 is 24.2 Å². The molecule has 0 amide bonds. The van der Waals surface area contributed by atoms with Crippen LogP contribution in [0.5, 0.6) is 11.8 Å². The molecule has 0 bridgehead atoms. The zero-order valence-electron chi connectivity index (χ0n) is 56.7. The number of allylic oxidation sites excluding steroid dienone is 3. The number of ether oxygens (including phenoxy) is 2. The van der Waals surface area contributed by atoms with Crippen molar-refractivity contribution in [1.29, 1.82) is 0 Å². The molecule has 6 aromatic heterocycles. The maximum Gasteiger partial charge on any atom is 0.215 e. The van der Waals surface area contributed by atoms with E-state index in [-0.39, 0.29) is 42.0 Å². The Morgan fingerprint density at radius 3 is 1.28 bits per heavy atom. The first-order valence-corrected chi connectivity index (χ1v) is 39.5. The van der Waals surface area contributed by atoms with E-state index >= 15 is 0 Å². The standard InChI is InChI=1S/C25H33N5O3S.C23H29N5O3S.C22H26FN5O2S/c1-16(2)33-24-13-23(19-6-5-7-21(19)28-24)30-14-20-22(12-17(30)3)26-15-27-25(20)18-8-10-29(11-9-18)34(4,31)32;1-15-11-20-18(13-28(15)21-12-22(31-2)26-19-6-4-5-17(19)21)23(25-14-24-20)16-7-9-27(10-8-16)32(3,29)30;1-31(29,30)27-9-6-15(7-10-27)22-18-13-28(16(12-23)11-20(18)25-14-26-22)21-5-8-24-19-4-2-3-17(19)21/h5-6,13,15-18H,7-12,14H2,1-4H3;4-5,12,14-16H,6-11,13H2,1-3H3;2-3,5,8,14-16H,4,6-7,9-13H2,1H3/t17-;15-;/m11./s1. The molecule has 27 heteroatoms. The molecule has 3 aliphatic carbocycles. The molecule has 0 radical (unpaired) electrons. The van der Waals surface area contributed by atoms with Crippen LogP contribution in [0, 0.1) is 0 Å². The Bertz CT molecular complexity index is 4400. The number of sulfonamides is 3. The highest BCUT2D eigenvalue weighted by molar-refractivity contribution is 7.88. The molecule has 6 aromatic rings. The Balaban J connectivity index is 0.000000131. The minimum Gasteiger partial charge on any atom is -0.481 e. The van der Waals surface area contributed by atoms with Crippen LogP contribution in [0.25, 0.3) is 18.2 Å². The quantitative estimate of drug-likeness (QED) is 0.105. The largest absolute Gasteiger partial charge is 0.481 e. The van der Waals surface area contributed by atoms with Gasteiger partial charge in [0.2, 0.25) is 41.8 Å². The fourth-order valence-electron chi connectivity index (χ4n) is 15.7. The fraction of sp³-hybridized carbons (Fsp3) is 0.529. The first-order chi connectivity index (χ1) is 46.5. The van der Waals surface area contributed by atoms with Crippen LogP contribution >= 0.6 is 0 Å².